The Hall–Kier alpha value is -1.88. The maximum atomic E-state index is 13.9. The number of benzene rings is 1. The summed E-state index contributed by atoms with van der Waals surface area (Å²) in [7, 11) is 3.70. The second-order valence-electron chi connectivity index (χ2n) is 4.74. The van der Waals surface area contributed by atoms with Gasteiger partial charge in [0.2, 0.25) is 0 Å². The van der Waals surface area contributed by atoms with Crippen molar-refractivity contribution in [3.8, 4) is 5.75 Å². The highest BCUT2D eigenvalue weighted by atomic mass is 19.1. The number of aromatic nitrogens is 2. The van der Waals surface area contributed by atoms with E-state index in [1.807, 2.05) is 31.8 Å². The number of halogens is 1. The molecule has 0 amide bonds. The van der Waals surface area contributed by atoms with Crippen molar-refractivity contribution in [3.05, 3.63) is 47.5 Å². The van der Waals surface area contributed by atoms with Gasteiger partial charge in [-0.2, -0.15) is 5.10 Å². The van der Waals surface area contributed by atoms with Crippen LogP contribution in [0.15, 0.2) is 30.5 Å². The largest absolute Gasteiger partial charge is 0.493 e. The summed E-state index contributed by atoms with van der Waals surface area (Å²) >= 11 is 0. The lowest BCUT2D eigenvalue weighted by atomic mass is 10.1. The fourth-order valence-electron chi connectivity index (χ4n) is 2.02. The monoisotopic (exact) mass is 277 g/mol. The number of aryl methyl sites for hydroxylation is 1. The van der Waals surface area contributed by atoms with E-state index in [4.69, 9.17) is 4.74 Å². The van der Waals surface area contributed by atoms with Crippen molar-refractivity contribution >= 4 is 0 Å². The molecule has 1 heterocycles. The van der Waals surface area contributed by atoms with Gasteiger partial charge >= 0.3 is 0 Å². The number of nitrogens with one attached hydrogen (secondary N) is 1. The van der Waals surface area contributed by atoms with Crippen LogP contribution in [0.5, 0.6) is 5.75 Å². The Kier molecular flexibility index (Phi) is 4.74. The van der Waals surface area contributed by atoms with E-state index in [-0.39, 0.29) is 11.9 Å². The summed E-state index contributed by atoms with van der Waals surface area (Å²) in [4.78, 5) is 0. The molecule has 20 heavy (non-hydrogen) atoms. The summed E-state index contributed by atoms with van der Waals surface area (Å²) in [6, 6.07) is 6.93. The molecule has 1 atom stereocenters. The zero-order valence-corrected chi connectivity index (χ0v) is 12.1. The molecule has 1 unspecified atom stereocenters. The van der Waals surface area contributed by atoms with Gasteiger partial charge in [0, 0.05) is 43.0 Å². The van der Waals surface area contributed by atoms with Crippen molar-refractivity contribution < 1.29 is 9.13 Å². The number of ether oxygens (including phenoxy) is 1. The van der Waals surface area contributed by atoms with Crippen LogP contribution in [0.25, 0.3) is 0 Å². The average molecular weight is 277 g/mol. The Labute approximate surface area is 118 Å². The van der Waals surface area contributed by atoms with Crippen molar-refractivity contribution in [2.24, 2.45) is 7.05 Å². The highest BCUT2D eigenvalue weighted by Crippen LogP contribution is 2.21. The van der Waals surface area contributed by atoms with E-state index in [0.29, 0.717) is 17.9 Å². The van der Waals surface area contributed by atoms with Crippen molar-refractivity contribution in [1.82, 2.24) is 15.1 Å². The lowest BCUT2D eigenvalue weighted by Crippen LogP contribution is -2.14. The van der Waals surface area contributed by atoms with Gasteiger partial charge in [0.1, 0.15) is 11.6 Å². The molecule has 0 spiro atoms. The van der Waals surface area contributed by atoms with Gasteiger partial charge in [-0.05, 0) is 26.1 Å². The number of hydrogen-bond donors (Lipinski definition) is 1. The van der Waals surface area contributed by atoms with Crippen LogP contribution in [-0.2, 0) is 13.5 Å². The summed E-state index contributed by atoms with van der Waals surface area (Å²) in [6.07, 6.45) is 2.50. The molecule has 0 aliphatic rings. The first-order valence-corrected chi connectivity index (χ1v) is 6.68. The first kappa shape index (κ1) is 14.5. The van der Waals surface area contributed by atoms with Gasteiger partial charge in [0.15, 0.2) is 0 Å². The van der Waals surface area contributed by atoms with E-state index >= 15 is 0 Å². The van der Waals surface area contributed by atoms with Gasteiger partial charge in [-0.3, -0.25) is 4.68 Å². The minimum atomic E-state index is -0.245. The molecule has 0 aliphatic carbocycles. The fourth-order valence-corrected chi connectivity index (χ4v) is 2.02. The van der Waals surface area contributed by atoms with Gasteiger partial charge in [-0.1, -0.05) is 6.07 Å². The van der Waals surface area contributed by atoms with E-state index < -0.39 is 0 Å². The van der Waals surface area contributed by atoms with E-state index in [9.17, 15) is 4.39 Å². The Morgan fingerprint density at radius 2 is 2.20 bits per heavy atom. The van der Waals surface area contributed by atoms with Crippen molar-refractivity contribution in [2.45, 2.75) is 19.4 Å². The van der Waals surface area contributed by atoms with E-state index in [0.717, 1.165) is 12.1 Å². The SMILES string of the molecule is CNC(C)c1ccc(OCCc2ccnn2C)cc1F. The van der Waals surface area contributed by atoms with Crippen LogP contribution in [0.4, 0.5) is 4.39 Å². The molecule has 1 N–H and O–H groups in total. The van der Waals surface area contributed by atoms with E-state index in [1.165, 1.54) is 6.07 Å². The van der Waals surface area contributed by atoms with Crippen LogP contribution in [-0.4, -0.2) is 23.4 Å². The molecule has 0 fully saturated rings. The quantitative estimate of drug-likeness (QED) is 0.881. The molecular formula is C15H20FN3O. The van der Waals surface area contributed by atoms with Crippen molar-refractivity contribution in [3.63, 3.8) is 0 Å². The molecule has 108 valence electrons. The average Bonchev–Trinajstić information content (AvgIpc) is 2.84. The van der Waals surface area contributed by atoms with Crippen LogP contribution in [0.3, 0.4) is 0 Å². The molecule has 4 nitrogen and oxygen atoms in total. The minimum Gasteiger partial charge on any atom is -0.493 e. The summed E-state index contributed by atoms with van der Waals surface area (Å²) in [5.74, 6) is 0.307. The van der Waals surface area contributed by atoms with Crippen molar-refractivity contribution in [1.29, 1.82) is 0 Å². The lowest BCUT2D eigenvalue weighted by molar-refractivity contribution is 0.316. The molecule has 0 saturated heterocycles. The second kappa shape index (κ2) is 6.52. The predicted octanol–water partition coefficient (Wildman–Crippen LogP) is 2.46. The summed E-state index contributed by atoms with van der Waals surface area (Å²) in [6.45, 7) is 2.42. The third-order valence-electron chi connectivity index (χ3n) is 3.42. The standard InChI is InChI=1S/C15H20FN3O/c1-11(17-2)14-5-4-13(10-15(14)16)20-9-7-12-6-8-18-19(12)3/h4-6,8,10-11,17H,7,9H2,1-3H3. The topological polar surface area (TPSA) is 39.1 Å². The van der Waals surface area contributed by atoms with Crippen LogP contribution >= 0.6 is 0 Å². The minimum absolute atomic E-state index is 0.0153. The molecule has 0 bridgehead atoms. The maximum Gasteiger partial charge on any atom is 0.131 e. The molecule has 1 aromatic carbocycles. The fraction of sp³-hybridized carbons (Fsp3) is 0.400. The van der Waals surface area contributed by atoms with Gasteiger partial charge in [-0.15, -0.1) is 0 Å². The normalized spacial score (nSPS) is 12.4. The molecule has 1 aromatic heterocycles. The molecule has 0 radical (unpaired) electrons. The van der Waals surface area contributed by atoms with Crippen LogP contribution in [0.1, 0.15) is 24.2 Å². The second-order valence-corrected chi connectivity index (χ2v) is 4.74. The highest BCUT2D eigenvalue weighted by Gasteiger charge is 2.10. The van der Waals surface area contributed by atoms with Crippen LogP contribution in [0, 0.1) is 5.82 Å². The van der Waals surface area contributed by atoms with E-state index in [1.54, 1.807) is 18.3 Å². The first-order chi connectivity index (χ1) is 9.61. The van der Waals surface area contributed by atoms with Crippen LogP contribution in [0.2, 0.25) is 0 Å². The Bertz CT molecular complexity index is 568. The van der Waals surface area contributed by atoms with Crippen molar-refractivity contribution in [2.75, 3.05) is 13.7 Å². The predicted molar refractivity (Wildman–Crippen MR) is 76.3 cm³/mol. The Morgan fingerprint density at radius 3 is 2.80 bits per heavy atom. The molecule has 0 saturated carbocycles. The molecule has 2 rings (SSSR count). The molecule has 0 aliphatic heterocycles. The zero-order valence-electron chi connectivity index (χ0n) is 12.1. The summed E-state index contributed by atoms with van der Waals surface area (Å²) in [5.41, 5.74) is 1.73. The van der Waals surface area contributed by atoms with Crippen LogP contribution < -0.4 is 10.1 Å². The number of rotatable bonds is 6. The first-order valence-electron chi connectivity index (χ1n) is 6.68. The smallest absolute Gasteiger partial charge is 0.131 e. The third-order valence-corrected chi connectivity index (χ3v) is 3.42. The number of hydrogen-bond acceptors (Lipinski definition) is 3. The zero-order chi connectivity index (χ0) is 14.5. The Balaban J connectivity index is 1.94. The number of nitrogens with zero attached hydrogens (tertiary/aromatic N) is 2. The Morgan fingerprint density at radius 1 is 1.40 bits per heavy atom. The summed E-state index contributed by atoms with van der Waals surface area (Å²) < 4.78 is 21.3. The van der Waals surface area contributed by atoms with Gasteiger partial charge in [0.25, 0.3) is 0 Å². The van der Waals surface area contributed by atoms with E-state index in [2.05, 4.69) is 10.4 Å². The van der Waals surface area contributed by atoms with Gasteiger partial charge < -0.3 is 10.1 Å². The maximum absolute atomic E-state index is 13.9. The molecular weight excluding hydrogens is 257 g/mol. The summed E-state index contributed by atoms with van der Waals surface area (Å²) in [5, 5.41) is 7.11. The van der Waals surface area contributed by atoms with Gasteiger partial charge in [-0.25, -0.2) is 4.39 Å². The molecule has 2 aromatic rings. The molecule has 5 heteroatoms. The highest BCUT2D eigenvalue weighted by molar-refractivity contribution is 5.30. The van der Waals surface area contributed by atoms with Gasteiger partial charge in [0.05, 0.1) is 6.61 Å². The lowest BCUT2D eigenvalue weighted by Gasteiger charge is -2.13. The third kappa shape index (κ3) is 3.36.